The fraction of sp³-hybridized carbons (Fsp3) is 0.727. The topological polar surface area (TPSA) is 76.5 Å². The van der Waals surface area contributed by atoms with Gasteiger partial charge in [-0.1, -0.05) is 0 Å². The van der Waals surface area contributed by atoms with E-state index in [1.54, 1.807) is 0 Å². The second kappa shape index (κ2) is 9.18. The first-order chi connectivity index (χ1) is 14.5. The van der Waals surface area contributed by atoms with Gasteiger partial charge in [-0.15, -0.1) is 0 Å². The lowest BCUT2D eigenvalue weighted by atomic mass is 10.1. The van der Waals surface area contributed by atoms with Crippen molar-refractivity contribution in [2.24, 2.45) is 0 Å². The minimum Gasteiger partial charge on any atom is -0.461 e. The van der Waals surface area contributed by atoms with Gasteiger partial charge in [0, 0.05) is 26.2 Å². The van der Waals surface area contributed by atoms with Crippen LogP contribution in [0.1, 0.15) is 66.2 Å². The van der Waals surface area contributed by atoms with E-state index in [-0.39, 0.29) is 12.2 Å². The molecule has 2 aromatic rings. The van der Waals surface area contributed by atoms with Gasteiger partial charge in [-0.05, 0) is 66.2 Å². The highest BCUT2D eigenvalue weighted by Gasteiger charge is 2.25. The Kier molecular flexibility index (Phi) is 6.39. The van der Waals surface area contributed by atoms with Crippen molar-refractivity contribution in [3.05, 3.63) is 0 Å². The van der Waals surface area contributed by atoms with Gasteiger partial charge in [-0.3, -0.25) is 0 Å². The summed E-state index contributed by atoms with van der Waals surface area (Å²) >= 11 is 0. The van der Waals surface area contributed by atoms with Gasteiger partial charge in [0.2, 0.25) is 0 Å². The first kappa shape index (κ1) is 20.9. The lowest BCUT2D eigenvalue weighted by Gasteiger charge is -2.31. The lowest BCUT2D eigenvalue weighted by molar-refractivity contribution is 0.221. The lowest BCUT2D eigenvalue weighted by Crippen LogP contribution is -2.32. The quantitative estimate of drug-likeness (QED) is 0.703. The van der Waals surface area contributed by atoms with E-state index in [0.29, 0.717) is 12.0 Å². The summed E-state index contributed by atoms with van der Waals surface area (Å²) in [4.78, 5) is 23.8. The Hall–Kier alpha value is -2.38. The van der Waals surface area contributed by atoms with Gasteiger partial charge in [0.1, 0.15) is 11.0 Å². The van der Waals surface area contributed by atoms with Crippen molar-refractivity contribution in [2.45, 2.75) is 78.4 Å². The van der Waals surface area contributed by atoms with Crippen LogP contribution in [-0.2, 0) is 0 Å². The maximum absolute atomic E-state index is 5.94. The number of hydrogen-bond donors (Lipinski definition) is 0. The highest BCUT2D eigenvalue weighted by molar-refractivity contribution is 5.93. The van der Waals surface area contributed by atoms with E-state index in [0.717, 1.165) is 74.5 Å². The molecule has 8 heteroatoms. The molecule has 0 aromatic carbocycles. The van der Waals surface area contributed by atoms with Crippen molar-refractivity contribution < 1.29 is 9.47 Å². The third kappa shape index (κ3) is 4.68. The van der Waals surface area contributed by atoms with E-state index in [1.165, 1.54) is 12.8 Å². The molecule has 0 aliphatic carbocycles. The summed E-state index contributed by atoms with van der Waals surface area (Å²) in [6.07, 6.45) is 7.14. The minimum atomic E-state index is -0.000409. The fourth-order valence-electron chi connectivity index (χ4n) is 4.13. The van der Waals surface area contributed by atoms with Crippen LogP contribution in [0.3, 0.4) is 0 Å². The van der Waals surface area contributed by atoms with Crippen LogP contribution in [0.15, 0.2) is 0 Å². The Labute approximate surface area is 179 Å². The van der Waals surface area contributed by atoms with Crippen LogP contribution in [0.25, 0.3) is 11.0 Å². The predicted octanol–water partition coefficient (Wildman–Crippen LogP) is 3.97. The first-order valence-electron chi connectivity index (χ1n) is 11.4. The van der Waals surface area contributed by atoms with E-state index in [1.807, 2.05) is 27.7 Å². The summed E-state index contributed by atoms with van der Waals surface area (Å²) in [5.41, 5.74) is 1.53. The van der Waals surface area contributed by atoms with E-state index < -0.39 is 0 Å². The highest BCUT2D eigenvalue weighted by atomic mass is 16.5. The molecule has 0 spiro atoms. The number of piperidine rings is 2. The molecular formula is C22H34N6O2. The van der Waals surface area contributed by atoms with Crippen molar-refractivity contribution in [1.82, 2.24) is 19.9 Å². The first-order valence-corrected chi connectivity index (χ1v) is 11.4. The summed E-state index contributed by atoms with van der Waals surface area (Å²) in [5, 5.41) is 0. The minimum absolute atomic E-state index is 0.000409. The Morgan fingerprint density at radius 2 is 0.933 bits per heavy atom. The van der Waals surface area contributed by atoms with Gasteiger partial charge in [0.25, 0.3) is 0 Å². The monoisotopic (exact) mass is 414 g/mol. The highest BCUT2D eigenvalue weighted by Crippen LogP contribution is 2.34. The average Bonchev–Trinajstić information content (AvgIpc) is 2.73. The molecule has 2 fully saturated rings. The van der Waals surface area contributed by atoms with Gasteiger partial charge in [0.15, 0.2) is 11.6 Å². The van der Waals surface area contributed by atoms with Crippen molar-refractivity contribution in [2.75, 3.05) is 36.0 Å². The van der Waals surface area contributed by atoms with E-state index >= 15 is 0 Å². The van der Waals surface area contributed by atoms with Crippen LogP contribution >= 0.6 is 0 Å². The molecule has 0 unspecified atom stereocenters. The van der Waals surface area contributed by atoms with Crippen LogP contribution in [0.4, 0.5) is 11.6 Å². The molecule has 0 radical (unpaired) electrons. The normalized spacial score (nSPS) is 17.8. The number of anilines is 2. The number of ether oxygens (including phenoxy) is 2. The molecule has 0 N–H and O–H groups in total. The second-order valence-electron chi connectivity index (χ2n) is 8.79. The molecule has 4 heterocycles. The molecule has 2 aliphatic heterocycles. The van der Waals surface area contributed by atoms with Gasteiger partial charge in [-0.2, -0.15) is 19.9 Å². The third-order valence-electron chi connectivity index (χ3n) is 5.46. The zero-order chi connectivity index (χ0) is 21.1. The molecular weight excluding hydrogens is 380 g/mol. The van der Waals surface area contributed by atoms with Crippen molar-refractivity contribution in [3.8, 4) is 12.0 Å². The number of hydrogen-bond acceptors (Lipinski definition) is 8. The van der Waals surface area contributed by atoms with Gasteiger partial charge < -0.3 is 19.3 Å². The molecule has 0 amide bonds. The molecule has 164 valence electrons. The van der Waals surface area contributed by atoms with Crippen molar-refractivity contribution >= 4 is 22.7 Å². The van der Waals surface area contributed by atoms with Crippen LogP contribution in [0, 0.1) is 0 Å². The number of aromatic nitrogens is 4. The summed E-state index contributed by atoms with van der Waals surface area (Å²) in [7, 11) is 0. The third-order valence-corrected chi connectivity index (χ3v) is 5.46. The van der Waals surface area contributed by atoms with Gasteiger partial charge in [-0.25, -0.2) is 0 Å². The number of fused-ring (bicyclic) bond motifs is 1. The van der Waals surface area contributed by atoms with Gasteiger partial charge in [0.05, 0.1) is 12.2 Å². The summed E-state index contributed by atoms with van der Waals surface area (Å²) in [5.74, 6) is 1.68. The molecule has 0 bridgehead atoms. The van der Waals surface area contributed by atoms with Crippen molar-refractivity contribution in [3.63, 3.8) is 0 Å². The molecule has 0 saturated carbocycles. The fourth-order valence-corrected chi connectivity index (χ4v) is 4.13. The second-order valence-corrected chi connectivity index (χ2v) is 8.79. The molecule has 2 aromatic heterocycles. The molecule has 2 saturated heterocycles. The predicted molar refractivity (Wildman–Crippen MR) is 119 cm³/mol. The number of rotatable bonds is 6. The molecule has 4 rings (SSSR count). The Bertz CT molecular complexity index is 789. The number of nitrogens with zero attached hydrogens (tertiary/aromatic N) is 6. The smallest absolute Gasteiger partial charge is 0.319 e. The van der Waals surface area contributed by atoms with Crippen LogP contribution in [0.2, 0.25) is 0 Å². The van der Waals surface area contributed by atoms with Gasteiger partial charge >= 0.3 is 12.0 Å². The average molecular weight is 415 g/mol. The van der Waals surface area contributed by atoms with E-state index in [9.17, 15) is 0 Å². The summed E-state index contributed by atoms with van der Waals surface area (Å²) in [6.45, 7) is 11.9. The largest absolute Gasteiger partial charge is 0.461 e. The van der Waals surface area contributed by atoms with Crippen LogP contribution < -0.4 is 19.3 Å². The Balaban J connectivity index is 1.89. The van der Waals surface area contributed by atoms with Crippen molar-refractivity contribution in [1.29, 1.82) is 0 Å². The zero-order valence-electron chi connectivity index (χ0n) is 18.7. The maximum atomic E-state index is 5.94. The molecule has 30 heavy (non-hydrogen) atoms. The molecule has 8 nitrogen and oxygen atoms in total. The Morgan fingerprint density at radius 1 is 0.567 bits per heavy atom. The SMILES string of the molecule is CC(C)Oc1nc(N2CCCCC2)c2nc(OC(C)C)nc(N3CCCCC3)c2n1. The van der Waals surface area contributed by atoms with E-state index in [4.69, 9.17) is 29.4 Å². The van der Waals surface area contributed by atoms with Crippen LogP contribution in [-0.4, -0.2) is 58.3 Å². The van der Waals surface area contributed by atoms with E-state index in [2.05, 4.69) is 9.80 Å². The maximum Gasteiger partial charge on any atom is 0.319 e. The standard InChI is InChI=1S/C22H34N6O2/c1-15(2)29-21-23-17-18(19(25-21)27-11-7-5-8-12-27)24-22(30-16(3)4)26-20(17)28-13-9-6-10-14-28/h15-16H,5-14H2,1-4H3. The summed E-state index contributed by atoms with van der Waals surface area (Å²) < 4.78 is 11.9. The zero-order valence-corrected chi connectivity index (χ0v) is 18.7. The molecule has 2 aliphatic rings. The van der Waals surface area contributed by atoms with Crippen LogP contribution in [0.5, 0.6) is 12.0 Å². The summed E-state index contributed by atoms with van der Waals surface area (Å²) in [6, 6.07) is 0.801. The molecule has 0 atom stereocenters. The Morgan fingerprint density at radius 3 is 1.27 bits per heavy atom.